The Morgan fingerprint density at radius 2 is 1.61 bits per heavy atom. The summed E-state index contributed by atoms with van der Waals surface area (Å²) in [5, 5.41) is 52.6. The molecule has 5 N–H and O–H groups in total. The lowest BCUT2D eigenvalue weighted by Crippen LogP contribution is -2.78. The molecule has 242 valence electrons. The van der Waals surface area contributed by atoms with Gasteiger partial charge in [0.15, 0.2) is 6.10 Å². The van der Waals surface area contributed by atoms with Crippen LogP contribution in [0.3, 0.4) is 0 Å². The van der Waals surface area contributed by atoms with Gasteiger partial charge in [0.2, 0.25) is 17.5 Å². The Balaban J connectivity index is 2.03. The molecular formula is C29H36O15. The van der Waals surface area contributed by atoms with Crippen LogP contribution in [-0.4, -0.2) is 103 Å². The van der Waals surface area contributed by atoms with Gasteiger partial charge in [0.05, 0.1) is 6.10 Å². The second-order valence-corrected chi connectivity index (χ2v) is 11.1. The molecule has 1 aromatic rings. The highest BCUT2D eigenvalue weighted by Crippen LogP contribution is 2.56. The zero-order valence-electron chi connectivity index (χ0n) is 24.5. The van der Waals surface area contributed by atoms with Gasteiger partial charge in [0.1, 0.15) is 12.2 Å². The molecule has 15 heteroatoms. The number of ether oxygens (including phenoxy) is 5. The van der Waals surface area contributed by atoms with E-state index >= 15 is 0 Å². The first-order chi connectivity index (χ1) is 20.4. The van der Waals surface area contributed by atoms with Crippen LogP contribution in [0.2, 0.25) is 0 Å². The van der Waals surface area contributed by atoms with E-state index < -0.39 is 84.0 Å². The Labute approximate surface area is 251 Å². The quantitative estimate of drug-likeness (QED) is 0.154. The summed E-state index contributed by atoms with van der Waals surface area (Å²) < 4.78 is 26.3. The predicted molar refractivity (Wildman–Crippen MR) is 145 cm³/mol. The average Bonchev–Trinajstić information content (AvgIpc) is 3.14. The summed E-state index contributed by atoms with van der Waals surface area (Å²) in [6.45, 7) is 9.77. The highest BCUT2D eigenvalue weighted by molar-refractivity contribution is 5.98. The summed E-state index contributed by atoms with van der Waals surface area (Å²) in [5.41, 5.74) is -6.36. The molecular weight excluding hydrogens is 588 g/mol. The van der Waals surface area contributed by atoms with E-state index in [1.54, 1.807) is 6.92 Å². The lowest BCUT2D eigenvalue weighted by atomic mass is 9.74. The number of aliphatic carboxylic acids is 3. The lowest BCUT2D eigenvalue weighted by Gasteiger charge is -2.48. The van der Waals surface area contributed by atoms with Crippen molar-refractivity contribution in [2.45, 2.75) is 94.5 Å². The number of aliphatic hydroxyl groups excluding tert-OH is 1. The molecule has 0 amide bonds. The largest absolute Gasteiger partial charge is 0.509 e. The third-order valence-corrected chi connectivity index (χ3v) is 7.57. The van der Waals surface area contributed by atoms with Crippen LogP contribution in [0.25, 0.3) is 0 Å². The SMILES string of the molecule is C=C(CC[C@@]12O[C@H](C(=O)O)[C@@](O)(C(=O)O)[C@@](C(=O)O)(O1)[C@H](OC(=O)OC(C)C)[C@H]2O)C(OC(C)=O)C(C)Cc1ccccc1. The van der Waals surface area contributed by atoms with E-state index in [1.807, 2.05) is 30.3 Å². The predicted octanol–water partition coefficient (Wildman–Crippen LogP) is 1.27. The maximum absolute atomic E-state index is 12.7. The van der Waals surface area contributed by atoms with Crippen molar-refractivity contribution in [3.05, 3.63) is 48.0 Å². The zero-order chi connectivity index (χ0) is 33.2. The zero-order valence-corrected chi connectivity index (χ0v) is 24.5. The van der Waals surface area contributed by atoms with Crippen molar-refractivity contribution in [3.8, 4) is 0 Å². The Morgan fingerprint density at radius 1 is 1.00 bits per heavy atom. The van der Waals surface area contributed by atoms with Gasteiger partial charge in [-0.25, -0.2) is 19.2 Å². The molecule has 2 heterocycles. The fourth-order valence-electron chi connectivity index (χ4n) is 5.62. The molecule has 0 spiro atoms. The fraction of sp³-hybridized carbons (Fsp3) is 0.552. The molecule has 15 nitrogen and oxygen atoms in total. The molecule has 0 aromatic heterocycles. The van der Waals surface area contributed by atoms with Gasteiger partial charge in [0.25, 0.3) is 5.60 Å². The molecule has 0 saturated carbocycles. The summed E-state index contributed by atoms with van der Waals surface area (Å²) in [4.78, 5) is 61.7. The Kier molecular flexibility index (Phi) is 10.1. The Hall–Kier alpha value is -4.05. The maximum atomic E-state index is 12.7. The second kappa shape index (κ2) is 12.9. The van der Waals surface area contributed by atoms with E-state index in [0.29, 0.717) is 6.42 Å². The highest BCUT2D eigenvalue weighted by Gasteiger charge is 2.86. The van der Waals surface area contributed by atoms with E-state index in [-0.39, 0.29) is 17.9 Å². The van der Waals surface area contributed by atoms with Gasteiger partial charge in [-0.3, -0.25) is 4.79 Å². The van der Waals surface area contributed by atoms with Crippen molar-refractivity contribution in [2.24, 2.45) is 5.92 Å². The summed E-state index contributed by atoms with van der Waals surface area (Å²) in [6.07, 6.45) is -11.4. The third kappa shape index (κ3) is 6.13. The normalized spacial score (nSPS) is 30.6. The van der Waals surface area contributed by atoms with Crippen molar-refractivity contribution in [2.75, 3.05) is 0 Å². The van der Waals surface area contributed by atoms with Gasteiger partial charge in [-0.05, 0) is 37.8 Å². The maximum Gasteiger partial charge on any atom is 0.509 e. The van der Waals surface area contributed by atoms with Gasteiger partial charge in [-0.15, -0.1) is 0 Å². The van der Waals surface area contributed by atoms with Crippen molar-refractivity contribution < 1.29 is 73.2 Å². The molecule has 2 fully saturated rings. The summed E-state index contributed by atoms with van der Waals surface area (Å²) >= 11 is 0. The molecule has 3 rings (SSSR count). The van der Waals surface area contributed by atoms with Crippen LogP contribution in [0.1, 0.15) is 46.1 Å². The van der Waals surface area contributed by atoms with Crippen LogP contribution < -0.4 is 0 Å². The van der Waals surface area contributed by atoms with Gasteiger partial charge < -0.3 is 49.2 Å². The molecule has 0 radical (unpaired) electrons. The molecule has 0 aliphatic carbocycles. The number of aliphatic hydroxyl groups is 2. The number of hydrogen-bond donors (Lipinski definition) is 5. The standard InChI is InChI=1S/C29H36O15/c1-14(2)40-26(38)42-21-20(31)27(43-22(23(32)33)28(39,24(34)35)29(21,44-27)25(36)37)12-11-15(3)19(41-17(5)30)16(4)13-18-9-7-6-8-10-18/h6-10,14,16,19-22,31,39H,3,11-13H2,1-2,4-5H3,(H,32,33)(H,34,35)(H,36,37)/t16?,19?,20-,21-,22-,27-,28-,29-/m1/s1. The second-order valence-electron chi connectivity index (χ2n) is 11.1. The monoisotopic (exact) mass is 624 g/mol. The Bertz CT molecular complexity index is 1290. The highest BCUT2D eigenvalue weighted by atomic mass is 16.8. The number of carboxylic acid groups (broad SMARTS) is 3. The van der Waals surface area contributed by atoms with Crippen LogP contribution in [0.15, 0.2) is 42.5 Å². The molecule has 2 unspecified atom stereocenters. The molecule has 8 atom stereocenters. The van der Waals surface area contributed by atoms with Crippen LogP contribution in [0.5, 0.6) is 0 Å². The Morgan fingerprint density at radius 3 is 2.11 bits per heavy atom. The summed E-state index contributed by atoms with van der Waals surface area (Å²) in [6, 6.07) is 9.23. The first-order valence-electron chi connectivity index (χ1n) is 13.7. The molecule has 44 heavy (non-hydrogen) atoms. The van der Waals surface area contributed by atoms with Gasteiger partial charge in [-0.2, -0.15) is 0 Å². The smallest absolute Gasteiger partial charge is 0.479 e. The number of rotatable bonds is 13. The topological polar surface area (TPSA) is 233 Å². The number of carboxylic acids is 3. The van der Waals surface area contributed by atoms with Crippen molar-refractivity contribution >= 4 is 30.0 Å². The van der Waals surface area contributed by atoms with Crippen molar-refractivity contribution in [1.29, 1.82) is 0 Å². The number of carbonyl (C=O) groups is 5. The van der Waals surface area contributed by atoms with E-state index in [9.17, 15) is 49.5 Å². The van der Waals surface area contributed by atoms with Crippen LogP contribution in [0.4, 0.5) is 4.79 Å². The molecule has 2 bridgehead atoms. The van der Waals surface area contributed by atoms with E-state index in [1.165, 1.54) is 20.8 Å². The summed E-state index contributed by atoms with van der Waals surface area (Å²) in [5.74, 6) is -10.4. The lowest BCUT2D eigenvalue weighted by molar-refractivity contribution is -0.374. The third-order valence-electron chi connectivity index (χ3n) is 7.57. The van der Waals surface area contributed by atoms with Crippen LogP contribution >= 0.6 is 0 Å². The minimum absolute atomic E-state index is 0.230. The first-order valence-corrected chi connectivity index (χ1v) is 13.7. The minimum atomic E-state index is -3.92. The van der Waals surface area contributed by atoms with E-state index in [4.69, 9.17) is 23.7 Å². The molecule has 2 saturated heterocycles. The molecule has 1 aromatic carbocycles. The van der Waals surface area contributed by atoms with Crippen molar-refractivity contribution in [1.82, 2.24) is 0 Å². The minimum Gasteiger partial charge on any atom is -0.479 e. The number of benzene rings is 1. The van der Waals surface area contributed by atoms with Gasteiger partial charge in [0, 0.05) is 19.3 Å². The first kappa shape index (κ1) is 34.4. The number of hydrogen-bond acceptors (Lipinski definition) is 12. The van der Waals surface area contributed by atoms with Gasteiger partial charge in [-0.1, -0.05) is 43.8 Å². The van der Waals surface area contributed by atoms with Gasteiger partial charge >= 0.3 is 30.0 Å². The van der Waals surface area contributed by atoms with E-state index in [2.05, 4.69) is 6.58 Å². The van der Waals surface area contributed by atoms with Crippen LogP contribution in [0, 0.1) is 5.92 Å². The molecule has 2 aliphatic heterocycles. The van der Waals surface area contributed by atoms with E-state index in [0.717, 1.165) is 5.56 Å². The number of fused-ring (bicyclic) bond motifs is 2. The fourth-order valence-corrected chi connectivity index (χ4v) is 5.62. The number of esters is 1. The van der Waals surface area contributed by atoms with Crippen molar-refractivity contribution in [3.63, 3.8) is 0 Å². The van der Waals surface area contributed by atoms with Crippen LogP contribution in [-0.2, 0) is 49.3 Å². The number of carbonyl (C=O) groups excluding carboxylic acids is 2. The average molecular weight is 625 g/mol. The summed E-state index contributed by atoms with van der Waals surface area (Å²) in [7, 11) is 0. The molecule has 2 aliphatic rings.